The van der Waals surface area contributed by atoms with Gasteiger partial charge in [0.2, 0.25) is 5.96 Å². The lowest BCUT2D eigenvalue weighted by molar-refractivity contribution is 0.0610. The zero-order chi connectivity index (χ0) is 20.1. The Morgan fingerprint density at radius 2 is 1.82 bits per heavy atom. The van der Waals surface area contributed by atoms with E-state index in [9.17, 15) is 5.11 Å². The number of aromatic nitrogens is 1. The van der Waals surface area contributed by atoms with Crippen LogP contribution in [0.1, 0.15) is 55.2 Å². The fraction of sp³-hybridized carbons (Fsp3) is 0.381. The zero-order valence-electron chi connectivity index (χ0n) is 16.2. The highest BCUT2D eigenvalue weighted by Crippen LogP contribution is 2.29. The zero-order valence-corrected chi connectivity index (χ0v) is 17.0. The highest BCUT2D eigenvalue weighted by atomic mass is 32.1. The van der Waals surface area contributed by atoms with Crippen molar-refractivity contribution >= 4 is 23.0 Å². The first-order valence-electron chi connectivity index (χ1n) is 9.33. The number of hydrogen-bond donors (Lipinski definition) is 3. The minimum atomic E-state index is -0.829. The molecule has 7 heteroatoms. The lowest BCUT2D eigenvalue weighted by Gasteiger charge is -2.26. The van der Waals surface area contributed by atoms with Crippen LogP contribution in [0.3, 0.4) is 0 Å². The van der Waals surface area contributed by atoms with Crippen molar-refractivity contribution in [3.05, 3.63) is 40.4 Å². The number of hydrogen-bond acceptors (Lipinski definition) is 5. The van der Waals surface area contributed by atoms with Gasteiger partial charge >= 0.3 is 0 Å². The van der Waals surface area contributed by atoms with Crippen molar-refractivity contribution in [1.29, 1.82) is 0 Å². The first-order chi connectivity index (χ1) is 13.4. The molecule has 0 aliphatic heterocycles. The van der Waals surface area contributed by atoms with Gasteiger partial charge in [-0.3, -0.25) is 0 Å². The second-order valence-electron chi connectivity index (χ2n) is 7.06. The van der Waals surface area contributed by atoms with Crippen LogP contribution in [0.5, 0.6) is 0 Å². The summed E-state index contributed by atoms with van der Waals surface area (Å²) < 4.78 is 0. The number of nitrogens with two attached hydrogens (primary N) is 2. The van der Waals surface area contributed by atoms with Crippen molar-refractivity contribution in [2.45, 2.75) is 51.6 Å². The molecule has 2 aromatic rings. The van der Waals surface area contributed by atoms with Crippen LogP contribution in [-0.2, 0) is 0 Å². The number of thiazole rings is 1. The van der Waals surface area contributed by atoms with Crippen molar-refractivity contribution in [2.24, 2.45) is 21.7 Å². The van der Waals surface area contributed by atoms with E-state index >= 15 is 0 Å². The second-order valence-corrected chi connectivity index (χ2v) is 8.06. The van der Waals surface area contributed by atoms with Crippen LogP contribution in [0, 0.1) is 18.8 Å². The van der Waals surface area contributed by atoms with Gasteiger partial charge in [-0.2, -0.15) is 5.10 Å². The molecule has 0 saturated heterocycles. The van der Waals surface area contributed by atoms with E-state index in [1.54, 1.807) is 11.3 Å². The predicted octanol–water partition coefficient (Wildman–Crippen LogP) is 3.16. The van der Waals surface area contributed by atoms with Crippen molar-refractivity contribution in [2.75, 3.05) is 0 Å². The molecule has 3 rings (SSSR count). The Hall–Kier alpha value is -2.69. The quantitative estimate of drug-likeness (QED) is 0.321. The summed E-state index contributed by atoms with van der Waals surface area (Å²) in [6, 6.07) is 7.93. The Bertz CT molecular complexity index is 953. The molecule has 1 aliphatic carbocycles. The Labute approximate surface area is 169 Å². The van der Waals surface area contributed by atoms with Crippen LogP contribution >= 0.6 is 11.3 Å². The van der Waals surface area contributed by atoms with E-state index in [2.05, 4.69) is 27.0 Å². The molecule has 1 saturated carbocycles. The molecule has 0 unspecified atom stereocenters. The van der Waals surface area contributed by atoms with Crippen LogP contribution in [-0.4, -0.2) is 27.4 Å². The fourth-order valence-corrected chi connectivity index (χ4v) is 4.19. The summed E-state index contributed by atoms with van der Waals surface area (Å²) in [6.07, 6.45) is 4.80. The molecule has 1 fully saturated rings. The van der Waals surface area contributed by atoms with Gasteiger partial charge in [-0.25, -0.2) is 4.98 Å². The molecule has 1 heterocycles. The average molecular weight is 396 g/mol. The number of rotatable bonds is 3. The molecule has 0 atom stereocenters. The highest BCUT2D eigenvalue weighted by Gasteiger charge is 2.26. The van der Waals surface area contributed by atoms with Crippen molar-refractivity contribution in [3.63, 3.8) is 0 Å². The lowest BCUT2D eigenvalue weighted by Crippen LogP contribution is -2.29. The summed E-state index contributed by atoms with van der Waals surface area (Å²) >= 11 is 1.54. The average Bonchev–Trinajstić information content (AvgIpc) is 3.07. The van der Waals surface area contributed by atoms with Gasteiger partial charge in [0.05, 0.1) is 16.3 Å². The second kappa shape index (κ2) is 8.55. The van der Waals surface area contributed by atoms with Gasteiger partial charge in [-0.15, -0.1) is 16.4 Å². The summed E-state index contributed by atoms with van der Waals surface area (Å²) in [4.78, 5) is 5.59. The topological polar surface area (TPSA) is 110 Å². The maximum atomic E-state index is 10.5. The van der Waals surface area contributed by atoms with Gasteiger partial charge in [0.1, 0.15) is 10.6 Å². The standard InChI is InChI=1S/C21H25N5OS/c1-14-18(15(2)25-26-20(22)23)28-19(24-14)17-8-6-16(7-9-17)10-13-21(27)11-4-3-5-12-21/h6-9,27H,3-5,11-12H2,1-2H3,(H4,22,23,26)/b25-15+. The van der Waals surface area contributed by atoms with E-state index in [-0.39, 0.29) is 5.96 Å². The molecule has 1 aromatic carbocycles. The molecule has 0 spiro atoms. The van der Waals surface area contributed by atoms with Gasteiger partial charge in [0.25, 0.3) is 0 Å². The van der Waals surface area contributed by atoms with Crippen LogP contribution in [0.2, 0.25) is 0 Å². The summed E-state index contributed by atoms with van der Waals surface area (Å²) in [7, 11) is 0. The maximum Gasteiger partial charge on any atom is 0.211 e. The third-order valence-electron chi connectivity index (χ3n) is 4.69. The summed E-state index contributed by atoms with van der Waals surface area (Å²) in [5.74, 6) is 6.12. The molecule has 5 N–H and O–H groups in total. The van der Waals surface area contributed by atoms with Crippen LogP contribution in [0.4, 0.5) is 0 Å². The van der Waals surface area contributed by atoms with Gasteiger partial charge in [-0.1, -0.05) is 30.4 Å². The number of nitrogens with zero attached hydrogens (tertiary/aromatic N) is 3. The molecule has 1 aromatic heterocycles. The normalized spacial score (nSPS) is 16.2. The first kappa shape index (κ1) is 20.1. The Morgan fingerprint density at radius 1 is 1.14 bits per heavy atom. The SMILES string of the molecule is C/C(=N\N=C(N)N)c1sc(-c2ccc(C#CC3(O)CCCCC3)cc2)nc1C. The molecule has 6 nitrogen and oxygen atoms in total. The van der Waals surface area contributed by atoms with Crippen molar-refractivity contribution < 1.29 is 5.11 Å². The van der Waals surface area contributed by atoms with E-state index in [4.69, 9.17) is 11.5 Å². The Balaban J connectivity index is 1.78. The Kier molecular flexibility index (Phi) is 6.12. The van der Waals surface area contributed by atoms with E-state index in [1.807, 2.05) is 38.1 Å². The van der Waals surface area contributed by atoms with Crippen molar-refractivity contribution in [3.8, 4) is 22.4 Å². The van der Waals surface area contributed by atoms with Gasteiger partial charge < -0.3 is 16.6 Å². The summed E-state index contributed by atoms with van der Waals surface area (Å²) in [5.41, 5.74) is 13.3. The number of benzene rings is 1. The minimum absolute atomic E-state index is 0.0728. The van der Waals surface area contributed by atoms with Crippen LogP contribution < -0.4 is 11.5 Å². The molecular formula is C21H25N5OS. The molecule has 146 valence electrons. The van der Waals surface area contributed by atoms with Crippen LogP contribution in [0.15, 0.2) is 34.5 Å². The van der Waals surface area contributed by atoms with E-state index in [0.29, 0.717) is 0 Å². The first-order valence-corrected chi connectivity index (χ1v) is 10.1. The smallest absolute Gasteiger partial charge is 0.211 e. The minimum Gasteiger partial charge on any atom is -0.378 e. The molecule has 0 bridgehead atoms. The third kappa shape index (κ3) is 4.97. The van der Waals surface area contributed by atoms with E-state index in [0.717, 1.165) is 58.1 Å². The molecular weight excluding hydrogens is 370 g/mol. The van der Waals surface area contributed by atoms with E-state index < -0.39 is 5.60 Å². The molecule has 1 aliphatic rings. The monoisotopic (exact) mass is 395 g/mol. The largest absolute Gasteiger partial charge is 0.378 e. The number of aliphatic hydroxyl groups is 1. The van der Waals surface area contributed by atoms with Gasteiger partial charge in [-0.05, 0) is 51.7 Å². The lowest BCUT2D eigenvalue weighted by atomic mass is 9.85. The number of aryl methyl sites for hydroxylation is 1. The highest BCUT2D eigenvalue weighted by molar-refractivity contribution is 7.17. The maximum absolute atomic E-state index is 10.5. The third-order valence-corrected chi connectivity index (χ3v) is 6.01. The van der Waals surface area contributed by atoms with Gasteiger partial charge in [0.15, 0.2) is 0 Å². The fourth-order valence-electron chi connectivity index (χ4n) is 3.18. The Morgan fingerprint density at radius 3 is 2.46 bits per heavy atom. The van der Waals surface area contributed by atoms with Gasteiger partial charge in [0, 0.05) is 11.1 Å². The molecule has 0 radical (unpaired) electrons. The summed E-state index contributed by atoms with van der Waals surface area (Å²) in [6.45, 7) is 3.79. The van der Waals surface area contributed by atoms with E-state index in [1.165, 1.54) is 6.42 Å². The molecule has 28 heavy (non-hydrogen) atoms. The molecule has 0 amide bonds. The van der Waals surface area contributed by atoms with Crippen LogP contribution in [0.25, 0.3) is 10.6 Å². The summed E-state index contributed by atoms with van der Waals surface area (Å²) in [5, 5.41) is 19.1. The van der Waals surface area contributed by atoms with Crippen molar-refractivity contribution in [1.82, 2.24) is 4.98 Å². The number of guanidine groups is 1. The predicted molar refractivity (Wildman–Crippen MR) is 115 cm³/mol.